The summed E-state index contributed by atoms with van der Waals surface area (Å²) in [6, 6.07) is 9.52. The Balaban J connectivity index is 1.79. The first-order valence-electron chi connectivity index (χ1n) is 8.21. The first-order chi connectivity index (χ1) is 12.7. The fourth-order valence-electron chi connectivity index (χ4n) is 2.73. The molecule has 2 atom stereocenters. The average Bonchev–Trinajstić information content (AvgIpc) is 2.64. The lowest BCUT2D eigenvalue weighted by Crippen LogP contribution is -2.36. The highest BCUT2D eigenvalue weighted by Gasteiger charge is 2.45. The number of pyridine rings is 1. The third-order valence-corrected chi connectivity index (χ3v) is 5.94. The number of hydrogen-bond donors (Lipinski definition) is 1. The van der Waals surface area contributed by atoms with Crippen LogP contribution in [0.15, 0.2) is 42.6 Å². The summed E-state index contributed by atoms with van der Waals surface area (Å²) in [6.07, 6.45) is 0.931. The van der Waals surface area contributed by atoms with Gasteiger partial charge in [0.1, 0.15) is 11.3 Å². The number of nitro benzene ring substituents is 1. The van der Waals surface area contributed by atoms with Gasteiger partial charge in [-0.1, -0.05) is 43.6 Å². The van der Waals surface area contributed by atoms with E-state index in [0.29, 0.717) is 10.7 Å². The van der Waals surface area contributed by atoms with Gasteiger partial charge < -0.3 is 0 Å². The Kier molecular flexibility index (Phi) is 5.65. The normalized spacial score (nSPS) is 24.5. The highest BCUT2D eigenvalue weighted by Crippen LogP contribution is 2.58. The monoisotopic (exact) mass is 411 g/mol. The van der Waals surface area contributed by atoms with Gasteiger partial charge in [-0.05, 0) is 17.2 Å². The van der Waals surface area contributed by atoms with Crippen molar-refractivity contribution in [3.63, 3.8) is 0 Å². The molecule has 1 fully saturated rings. The Morgan fingerprint density at radius 3 is 2.85 bits per heavy atom. The lowest BCUT2D eigenvalue weighted by Gasteiger charge is -2.41. The van der Waals surface area contributed by atoms with Crippen LogP contribution in [0.2, 0.25) is 5.15 Å². The quantitative estimate of drug-likeness (QED) is 0.330. The minimum Gasteiger partial charge on any atom is -0.296 e. The van der Waals surface area contributed by atoms with Crippen molar-refractivity contribution in [1.29, 1.82) is 0 Å². The molecule has 0 amide bonds. The Morgan fingerprint density at radius 2 is 2.19 bits per heavy atom. The lowest BCUT2D eigenvalue weighted by molar-refractivity contribution is -0.385. The van der Waals surface area contributed by atoms with Crippen LogP contribution in [-0.4, -0.2) is 16.5 Å². The van der Waals surface area contributed by atoms with E-state index in [1.54, 1.807) is 30.5 Å². The third-order valence-electron chi connectivity index (χ3n) is 4.21. The van der Waals surface area contributed by atoms with E-state index in [1.165, 1.54) is 12.1 Å². The van der Waals surface area contributed by atoms with Gasteiger partial charge in [-0.2, -0.15) is 0 Å². The van der Waals surface area contributed by atoms with Gasteiger partial charge in [0.05, 0.1) is 11.5 Å². The third kappa shape index (κ3) is 4.72. The smallest absolute Gasteiger partial charge is 0.296 e. The minimum atomic E-state index is -3.61. The lowest BCUT2D eigenvalue weighted by atomic mass is 9.83. The van der Waals surface area contributed by atoms with Gasteiger partial charge in [-0.3, -0.25) is 19.2 Å². The molecule has 2 unspecified atom stereocenters. The Morgan fingerprint density at radius 1 is 1.41 bits per heavy atom. The Bertz CT molecular complexity index is 890. The molecule has 1 aromatic carbocycles. The van der Waals surface area contributed by atoms with Crippen molar-refractivity contribution in [3.05, 3.63) is 69.0 Å². The molecule has 0 radical (unpaired) electrons. The van der Waals surface area contributed by atoms with Crippen molar-refractivity contribution in [3.8, 4) is 0 Å². The summed E-state index contributed by atoms with van der Waals surface area (Å²) >= 11 is 5.76. The number of benzene rings is 1. The molecule has 10 heteroatoms. The maximum atomic E-state index is 13.0. The number of nitro groups is 1. The number of hydrogen-bond acceptors (Lipinski definition) is 6. The molecule has 8 nitrogen and oxygen atoms in total. The number of nitrogens with zero attached hydrogens (tertiary/aromatic N) is 2. The van der Waals surface area contributed by atoms with Crippen molar-refractivity contribution in [2.24, 2.45) is 5.41 Å². The molecule has 1 N–H and O–H groups in total. The van der Waals surface area contributed by atoms with E-state index in [4.69, 9.17) is 20.6 Å². The molecule has 0 saturated carbocycles. The molecular formula is C17H19ClN3O5P. The summed E-state index contributed by atoms with van der Waals surface area (Å²) in [5, 5.41) is 14.2. The summed E-state index contributed by atoms with van der Waals surface area (Å²) in [5.41, 5.74) is 0.770. The van der Waals surface area contributed by atoms with Crippen LogP contribution >= 0.6 is 19.3 Å². The van der Waals surface area contributed by atoms with Crippen LogP contribution in [-0.2, 0) is 20.2 Å². The molecule has 1 aliphatic heterocycles. The van der Waals surface area contributed by atoms with Crippen molar-refractivity contribution in [2.75, 3.05) is 6.61 Å². The van der Waals surface area contributed by atoms with E-state index >= 15 is 0 Å². The number of nitrogens with one attached hydrogen (secondary N) is 1. The van der Waals surface area contributed by atoms with Gasteiger partial charge in [-0.15, -0.1) is 0 Å². The van der Waals surface area contributed by atoms with Crippen LogP contribution in [0.3, 0.4) is 0 Å². The molecule has 0 aliphatic carbocycles. The van der Waals surface area contributed by atoms with E-state index in [1.807, 2.05) is 13.8 Å². The molecule has 0 bridgehead atoms. The molecule has 0 spiro atoms. The van der Waals surface area contributed by atoms with Crippen LogP contribution in [0.4, 0.5) is 5.69 Å². The second-order valence-corrected chi connectivity index (χ2v) is 9.09. The van der Waals surface area contributed by atoms with Gasteiger partial charge >= 0.3 is 7.75 Å². The van der Waals surface area contributed by atoms with E-state index in [2.05, 4.69) is 10.1 Å². The average molecular weight is 412 g/mol. The zero-order chi connectivity index (χ0) is 19.7. The fraction of sp³-hybridized carbons (Fsp3) is 0.353. The van der Waals surface area contributed by atoms with Crippen LogP contribution in [0.25, 0.3) is 0 Å². The number of rotatable bonds is 5. The van der Waals surface area contributed by atoms with E-state index in [-0.39, 0.29) is 18.8 Å². The molecule has 1 saturated heterocycles. The molecular weight excluding hydrogens is 393 g/mol. The summed E-state index contributed by atoms with van der Waals surface area (Å²) in [7, 11) is -3.61. The van der Waals surface area contributed by atoms with Crippen molar-refractivity contribution < 1.29 is 18.5 Å². The summed E-state index contributed by atoms with van der Waals surface area (Å²) in [5.74, 6) is 0. The van der Waals surface area contributed by atoms with Gasteiger partial charge in [0.2, 0.25) is 0 Å². The zero-order valence-corrected chi connectivity index (χ0v) is 16.4. The summed E-state index contributed by atoms with van der Waals surface area (Å²) in [6.45, 7) is 4.17. The van der Waals surface area contributed by atoms with Gasteiger partial charge in [0.25, 0.3) is 5.69 Å². The second kappa shape index (κ2) is 7.66. The van der Waals surface area contributed by atoms with Gasteiger partial charge in [0, 0.05) is 30.3 Å². The predicted molar refractivity (Wildman–Crippen MR) is 100 cm³/mol. The predicted octanol–water partition coefficient (Wildman–Crippen LogP) is 4.66. The summed E-state index contributed by atoms with van der Waals surface area (Å²) < 4.78 is 24.3. The van der Waals surface area contributed by atoms with Gasteiger partial charge in [0.15, 0.2) is 0 Å². The first kappa shape index (κ1) is 19.9. The largest absolute Gasteiger partial charge is 0.406 e. The minimum absolute atomic E-state index is 0.0478. The van der Waals surface area contributed by atoms with Crippen LogP contribution in [0, 0.1) is 15.5 Å². The van der Waals surface area contributed by atoms with E-state index in [9.17, 15) is 14.7 Å². The highest BCUT2D eigenvalue weighted by molar-refractivity contribution is 7.51. The topological polar surface area (TPSA) is 104 Å². The number of non-ortho nitro benzene ring substituents is 1. The maximum Gasteiger partial charge on any atom is 0.406 e. The van der Waals surface area contributed by atoms with E-state index < -0.39 is 24.2 Å². The maximum absolute atomic E-state index is 13.0. The molecule has 1 aromatic heterocycles. The van der Waals surface area contributed by atoms with Crippen molar-refractivity contribution in [1.82, 2.24) is 10.1 Å². The van der Waals surface area contributed by atoms with Crippen LogP contribution in [0.5, 0.6) is 0 Å². The molecule has 27 heavy (non-hydrogen) atoms. The van der Waals surface area contributed by atoms with Crippen LogP contribution in [0.1, 0.15) is 31.1 Å². The first-order valence-corrected chi connectivity index (χ1v) is 10.1. The molecule has 1 aliphatic rings. The fourth-order valence-corrected chi connectivity index (χ4v) is 4.64. The molecule has 2 heterocycles. The summed E-state index contributed by atoms with van der Waals surface area (Å²) in [4.78, 5) is 14.6. The number of halogens is 1. The van der Waals surface area contributed by atoms with Crippen molar-refractivity contribution >= 4 is 25.0 Å². The van der Waals surface area contributed by atoms with E-state index in [0.717, 1.165) is 5.56 Å². The second-order valence-electron chi connectivity index (χ2n) is 6.92. The molecule has 144 valence electrons. The zero-order valence-electron chi connectivity index (χ0n) is 14.8. The van der Waals surface area contributed by atoms with Crippen molar-refractivity contribution in [2.45, 2.75) is 26.5 Å². The standard InChI is InChI=1S/C17H19ClN3O5P/c1-17(2)11-25-27(24,20-10-12-6-7-15(18)19-9-12)26-16(17)13-4-3-5-14(8-13)21(22)23/h3-9,16H,10-11H2,1-2H3,(H,20,24). The molecule has 2 aromatic rings. The number of aromatic nitrogens is 1. The van der Waals surface area contributed by atoms with Gasteiger partial charge in [-0.25, -0.2) is 14.6 Å². The van der Waals surface area contributed by atoms with Crippen LogP contribution < -0.4 is 5.09 Å². The Labute approximate surface area is 161 Å². The molecule has 3 rings (SSSR count). The Hall–Kier alpha value is -1.83. The highest BCUT2D eigenvalue weighted by atomic mass is 35.5. The SMILES string of the molecule is CC1(C)COP(=O)(NCc2ccc(Cl)nc2)OC1c1cccc([N+](=O)[O-])c1.